The van der Waals surface area contributed by atoms with E-state index in [4.69, 9.17) is 11.6 Å². The lowest BCUT2D eigenvalue weighted by atomic mass is 10.2. The number of carbonyl (C=O) groups is 1. The predicted molar refractivity (Wildman–Crippen MR) is 98.6 cm³/mol. The number of likely N-dealkylation sites (tertiary alicyclic amines) is 1. The molecule has 1 aliphatic rings. The molecule has 0 unspecified atom stereocenters. The van der Waals surface area contributed by atoms with Gasteiger partial charge in [0.05, 0.1) is 10.6 Å². The van der Waals surface area contributed by atoms with E-state index >= 15 is 0 Å². The zero-order valence-electron chi connectivity index (χ0n) is 13.9. The van der Waals surface area contributed by atoms with Crippen LogP contribution in [0.1, 0.15) is 23.2 Å². The number of hydrogen-bond donors (Lipinski definition) is 0. The average Bonchev–Trinajstić information content (AvgIpc) is 3.15. The van der Waals surface area contributed by atoms with Crippen molar-refractivity contribution in [2.45, 2.75) is 17.7 Å². The molecule has 1 amide bonds. The van der Waals surface area contributed by atoms with Gasteiger partial charge in [-0.15, -0.1) is 0 Å². The van der Waals surface area contributed by atoms with Crippen molar-refractivity contribution >= 4 is 33.2 Å². The number of amides is 1. The van der Waals surface area contributed by atoms with Crippen LogP contribution in [-0.4, -0.2) is 39.4 Å². The molecule has 25 heavy (non-hydrogen) atoms. The van der Waals surface area contributed by atoms with E-state index in [1.54, 1.807) is 36.4 Å². The quantitative estimate of drug-likeness (QED) is 0.819. The van der Waals surface area contributed by atoms with Crippen molar-refractivity contribution in [1.29, 1.82) is 0 Å². The summed E-state index contributed by atoms with van der Waals surface area (Å²) in [7, 11) is -2.19. The van der Waals surface area contributed by atoms with Crippen LogP contribution in [0.5, 0.6) is 0 Å². The highest BCUT2D eigenvalue weighted by molar-refractivity contribution is 7.92. The molecule has 0 atom stereocenters. The monoisotopic (exact) mass is 378 g/mol. The van der Waals surface area contributed by atoms with Crippen molar-refractivity contribution in [3.8, 4) is 0 Å². The third kappa shape index (κ3) is 3.65. The average molecular weight is 379 g/mol. The van der Waals surface area contributed by atoms with Gasteiger partial charge < -0.3 is 4.90 Å². The normalized spacial score (nSPS) is 14.6. The van der Waals surface area contributed by atoms with Gasteiger partial charge in [0.25, 0.3) is 15.9 Å². The van der Waals surface area contributed by atoms with Gasteiger partial charge in [-0.1, -0.05) is 11.6 Å². The molecule has 1 fully saturated rings. The van der Waals surface area contributed by atoms with Crippen LogP contribution >= 0.6 is 11.6 Å². The fourth-order valence-electron chi connectivity index (χ4n) is 2.82. The summed E-state index contributed by atoms with van der Waals surface area (Å²) in [5.74, 6) is -0.00717. The summed E-state index contributed by atoms with van der Waals surface area (Å²) in [5.41, 5.74) is 1.07. The third-order valence-corrected chi connectivity index (χ3v) is 6.39. The van der Waals surface area contributed by atoms with Crippen LogP contribution < -0.4 is 4.31 Å². The molecule has 7 heteroatoms. The van der Waals surface area contributed by atoms with Gasteiger partial charge in [-0.05, 0) is 61.4 Å². The van der Waals surface area contributed by atoms with Crippen LogP contribution in [-0.2, 0) is 10.0 Å². The van der Waals surface area contributed by atoms with Gasteiger partial charge in [0, 0.05) is 30.7 Å². The van der Waals surface area contributed by atoms with Gasteiger partial charge >= 0.3 is 0 Å². The van der Waals surface area contributed by atoms with Crippen molar-refractivity contribution in [2.24, 2.45) is 0 Å². The van der Waals surface area contributed by atoms with Crippen molar-refractivity contribution in [3.05, 3.63) is 59.1 Å². The second-order valence-corrected chi connectivity index (χ2v) is 8.38. The minimum atomic E-state index is -3.68. The van der Waals surface area contributed by atoms with E-state index in [0.29, 0.717) is 16.3 Å². The lowest BCUT2D eigenvalue weighted by Gasteiger charge is -2.20. The second-order valence-electron chi connectivity index (χ2n) is 5.97. The van der Waals surface area contributed by atoms with E-state index in [-0.39, 0.29) is 10.8 Å². The molecule has 0 spiro atoms. The number of sulfonamides is 1. The van der Waals surface area contributed by atoms with E-state index < -0.39 is 10.0 Å². The maximum absolute atomic E-state index is 12.7. The second kappa shape index (κ2) is 7.06. The maximum atomic E-state index is 12.7. The fraction of sp³-hybridized carbons (Fsp3) is 0.278. The summed E-state index contributed by atoms with van der Waals surface area (Å²) in [5, 5.41) is 0.478. The number of carbonyl (C=O) groups excluding carboxylic acids is 1. The molecule has 0 aliphatic carbocycles. The summed E-state index contributed by atoms with van der Waals surface area (Å²) < 4.78 is 26.6. The zero-order valence-corrected chi connectivity index (χ0v) is 15.4. The van der Waals surface area contributed by atoms with Gasteiger partial charge in [0.15, 0.2) is 0 Å². The van der Waals surface area contributed by atoms with Gasteiger partial charge in [0.2, 0.25) is 0 Å². The number of benzene rings is 2. The topological polar surface area (TPSA) is 57.7 Å². The zero-order chi connectivity index (χ0) is 18.0. The Morgan fingerprint density at radius 1 is 1.00 bits per heavy atom. The van der Waals surface area contributed by atoms with E-state index in [0.717, 1.165) is 25.9 Å². The van der Waals surface area contributed by atoms with Gasteiger partial charge in [0.1, 0.15) is 0 Å². The lowest BCUT2D eigenvalue weighted by molar-refractivity contribution is 0.0793. The first kappa shape index (κ1) is 17.8. The number of halogens is 1. The molecule has 132 valence electrons. The Kier molecular flexibility index (Phi) is 5.01. The van der Waals surface area contributed by atoms with Crippen LogP contribution in [0.2, 0.25) is 5.02 Å². The molecular formula is C18H19ClN2O3S. The Morgan fingerprint density at radius 3 is 2.12 bits per heavy atom. The molecule has 0 N–H and O–H groups in total. The Morgan fingerprint density at radius 2 is 1.56 bits per heavy atom. The van der Waals surface area contributed by atoms with Crippen molar-refractivity contribution in [1.82, 2.24) is 4.90 Å². The number of anilines is 1. The number of rotatable bonds is 4. The minimum Gasteiger partial charge on any atom is -0.339 e. The number of nitrogens with zero attached hydrogens (tertiary/aromatic N) is 2. The SMILES string of the molecule is CN(c1ccc(C(=O)N2CCCC2)cc1)S(=O)(=O)c1ccc(Cl)cc1. The van der Waals surface area contributed by atoms with E-state index in [1.165, 1.54) is 23.5 Å². The predicted octanol–water partition coefficient (Wildman–Crippen LogP) is 3.40. The Labute approximate surface area is 152 Å². The smallest absolute Gasteiger partial charge is 0.264 e. The van der Waals surface area contributed by atoms with Gasteiger partial charge in [-0.2, -0.15) is 0 Å². The van der Waals surface area contributed by atoms with E-state index in [1.807, 2.05) is 4.90 Å². The Hall–Kier alpha value is -2.05. The summed E-state index contributed by atoms with van der Waals surface area (Å²) in [6.45, 7) is 1.57. The molecule has 2 aromatic carbocycles. The molecule has 0 aromatic heterocycles. The van der Waals surface area contributed by atoms with Crippen molar-refractivity contribution < 1.29 is 13.2 Å². The lowest BCUT2D eigenvalue weighted by Crippen LogP contribution is -2.28. The highest BCUT2D eigenvalue weighted by Crippen LogP contribution is 2.24. The van der Waals surface area contributed by atoms with Crippen LogP contribution in [0.4, 0.5) is 5.69 Å². The molecule has 1 saturated heterocycles. The molecule has 1 heterocycles. The third-order valence-electron chi connectivity index (χ3n) is 4.34. The van der Waals surface area contributed by atoms with E-state index in [2.05, 4.69) is 0 Å². The summed E-state index contributed by atoms with van der Waals surface area (Å²) in [6, 6.07) is 12.7. The van der Waals surface area contributed by atoms with Crippen molar-refractivity contribution in [3.63, 3.8) is 0 Å². The summed E-state index contributed by atoms with van der Waals surface area (Å²) in [4.78, 5) is 14.3. The fourth-order valence-corrected chi connectivity index (χ4v) is 4.14. The maximum Gasteiger partial charge on any atom is 0.264 e. The summed E-state index contributed by atoms with van der Waals surface area (Å²) in [6.07, 6.45) is 2.07. The first-order chi connectivity index (χ1) is 11.9. The van der Waals surface area contributed by atoms with Crippen LogP contribution in [0.3, 0.4) is 0 Å². The Bertz CT molecular complexity index is 858. The van der Waals surface area contributed by atoms with Gasteiger partial charge in [-0.25, -0.2) is 8.42 Å². The largest absolute Gasteiger partial charge is 0.339 e. The Balaban J connectivity index is 1.81. The molecule has 0 radical (unpaired) electrons. The molecular weight excluding hydrogens is 360 g/mol. The number of hydrogen-bond acceptors (Lipinski definition) is 3. The van der Waals surface area contributed by atoms with Crippen LogP contribution in [0.15, 0.2) is 53.4 Å². The minimum absolute atomic E-state index is 0.00717. The van der Waals surface area contributed by atoms with Gasteiger partial charge in [-0.3, -0.25) is 9.10 Å². The highest BCUT2D eigenvalue weighted by atomic mass is 35.5. The highest BCUT2D eigenvalue weighted by Gasteiger charge is 2.23. The standard InChI is InChI=1S/C18H19ClN2O3S/c1-20(25(23,24)17-10-6-15(19)7-11-17)16-8-4-14(5-9-16)18(22)21-12-2-3-13-21/h4-11H,2-3,12-13H2,1H3. The van der Waals surface area contributed by atoms with Crippen molar-refractivity contribution in [2.75, 3.05) is 24.4 Å². The molecule has 5 nitrogen and oxygen atoms in total. The molecule has 0 saturated carbocycles. The first-order valence-corrected chi connectivity index (χ1v) is 9.85. The summed E-state index contributed by atoms with van der Waals surface area (Å²) >= 11 is 5.81. The van der Waals surface area contributed by atoms with Crippen LogP contribution in [0.25, 0.3) is 0 Å². The first-order valence-electron chi connectivity index (χ1n) is 8.03. The molecule has 1 aliphatic heterocycles. The molecule has 0 bridgehead atoms. The molecule has 2 aromatic rings. The van der Waals surface area contributed by atoms with Crippen LogP contribution in [0, 0.1) is 0 Å². The molecule has 3 rings (SSSR count). The van der Waals surface area contributed by atoms with E-state index in [9.17, 15) is 13.2 Å².